The van der Waals surface area contributed by atoms with Crippen molar-refractivity contribution >= 4 is 11.3 Å². The average Bonchev–Trinajstić information content (AvgIpc) is 2.84. The van der Waals surface area contributed by atoms with Gasteiger partial charge in [0.05, 0.1) is 12.7 Å². The molecule has 4 nitrogen and oxygen atoms in total. The van der Waals surface area contributed by atoms with Gasteiger partial charge in [-0.1, -0.05) is 0 Å². The van der Waals surface area contributed by atoms with Gasteiger partial charge in [0, 0.05) is 11.1 Å². The van der Waals surface area contributed by atoms with E-state index in [4.69, 9.17) is 5.11 Å². The molecular formula is C10H10F3N3OS. The molecule has 2 heterocycles. The van der Waals surface area contributed by atoms with E-state index in [0.29, 0.717) is 5.01 Å². The molecule has 0 spiro atoms. The molecule has 2 rings (SSSR count). The van der Waals surface area contributed by atoms with E-state index in [2.05, 4.69) is 9.97 Å². The van der Waals surface area contributed by atoms with Crippen LogP contribution in [0, 0.1) is 6.92 Å². The number of hydrogen-bond donors (Lipinski definition) is 1. The molecule has 0 saturated heterocycles. The molecule has 0 bridgehead atoms. The van der Waals surface area contributed by atoms with Crippen LogP contribution in [0.1, 0.15) is 22.2 Å². The molecule has 0 fully saturated rings. The van der Waals surface area contributed by atoms with Gasteiger partial charge < -0.3 is 9.67 Å². The van der Waals surface area contributed by atoms with Gasteiger partial charge in [-0.15, -0.1) is 11.3 Å². The van der Waals surface area contributed by atoms with E-state index in [1.807, 2.05) is 0 Å². The molecule has 0 aromatic carbocycles. The zero-order valence-electron chi connectivity index (χ0n) is 9.40. The number of aromatic nitrogens is 3. The quantitative estimate of drug-likeness (QED) is 0.935. The van der Waals surface area contributed by atoms with Gasteiger partial charge in [-0.25, -0.2) is 9.97 Å². The summed E-state index contributed by atoms with van der Waals surface area (Å²) in [5, 5.41) is 11.3. The third kappa shape index (κ3) is 2.54. The second-order valence-electron chi connectivity index (χ2n) is 3.68. The summed E-state index contributed by atoms with van der Waals surface area (Å²) in [4.78, 5) is 7.68. The Morgan fingerprint density at radius 2 is 2.17 bits per heavy atom. The van der Waals surface area contributed by atoms with Crippen molar-refractivity contribution in [3.63, 3.8) is 0 Å². The predicted molar refractivity (Wildman–Crippen MR) is 59.1 cm³/mol. The number of thiazole rings is 1. The molecule has 0 aliphatic heterocycles. The molecule has 98 valence electrons. The second kappa shape index (κ2) is 4.69. The zero-order chi connectivity index (χ0) is 13.3. The number of alkyl halides is 3. The highest BCUT2D eigenvalue weighted by atomic mass is 32.1. The van der Waals surface area contributed by atoms with Crippen LogP contribution in [0.4, 0.5) is 13.2 Å². The Bertz CT molecular complexity index is 547. The molecule has 0 unspecified atom stereocenters. The number of aliphatic hydroxyl groups excluding tert-OH is 1. The lowest BCUT2D eigenvalue weighted by atomic mass is 10.4. The maximum absolute atomic E-state index is 12.7. The van der Waals surface area contributed by atoms with Gasteiger partial charge in [0.25, 0.3) is 0 Å². The molecule has 0 radical (unpaired) electrons. The number of halogens is 3. The number of aryl methyl sites for hydroxylation is 1. The third-order valence-electron chi connectivity index (χ3n) is 2.33. The largest absolute Gasteiger partial charge is 0.433 e. The van der Waals surface area contributed by atoms with E-state index in [1.54, 1.807) is 12.3 Å². The maximum atomic E-state index is 12.7. The van der Waals surface area contributed by atoms with Gasteiger partial charge in [0.2, 0.25) is 0 Å². The molecule has 0 atom stereocenters. The van der Waals surface area contributed by atoms with Crippen molar-refractivity contribution < 1.29 is 18.3 Å². The number of nitrogens with zero attached hydrogens (tertiary/aromatic N) is 3. The zero-order valence-corrected chi connectivity index (χ0v) is 10.2. The first-order valence-corrected chi connectivity index (χ1v) is 5.93. The second-order valence-corrected chi connectivity index (χ2v) is 4.63. The Morgan fingerprint density at radius 3 is 2.67 bits per heavy atom. The topological polar surface area (TPSA) is 50.9 Å². The summed E-state index contributed by atoms with van der Waals surface area (Å²) in [7, 11) is 0. The van der Waals surface area contributed by atoms with E-state index < -0.39 is 18.5 Å². The van der Waals surface area contributed by atoms with Crippen molar-refractivity contribution in [2.24, 2.45) is 0 Å². The summed E-state index contributed by atoms with van der Waals surface area (Å²) < 4.78 is 39.2. The summed E-state index contributed by atoms with van der Waals surface area (Å²) >= 11 is 1.28. The highest BCUT2D eigenvalue weighted by Crippen LogP contribution is 2.30. The minimum Gasteiger partial charge on any atom is -0.388 e. The molecule has 1 N–H and O–H groups in total. The summed E-state index contributed by atoms with van der Waals surface area (Å²) in [6.45, 7) is 1.19. The van der Waals surface area contributed by atoms with Crippen molar-refractivity contribution in [3.05, 3.63) is 33.8 Å². The first kappa shape index (κ1) is 13.0. The van der Waals surface area contributed by atoms with Gasteiger partial charge in [-0.3, -0.25) is 0 Å². The van der Waals surface area contributed by atoms with Gasteiger partial charge in [0.1, 0.15) is 23.1 Å². The fourth-order valence-corrected chi connectivity index (χ4v) is 2.31. The smallest absolute Gasteiger partial charge is 0.388 e. The predicted octanol–water partition coefficient (Wildman–Crippen LogP) is 2.21. The van der Waals surface area contributed by atoms with Crippen LogP contribution in [0.3, 0.4) is 0 Å². The molecular weight excluding hydrogens is 267 g/mol. The van der Waals surface area contributed by atoms with Crippen molar-refractivity contribution in [2.45, 2.75) is 26.3 Å². The standard InChI is InChI=1S/C10H10F3N3OS/c1-6-5-18-9(15-6)3-16-7(10(11,12)13)2-14-8(16)4-17/h2,5,17H,3-4H2,1H3. The SMILES string of the molecule is Cc1csc(Cn2c(C(F)(F)F)cnc2CO)n1. The van der Waals surface area contributed by atoms with Gasteiger partial charge in [0.15, 0.2) is 0 Å². The number of imidazole rings is 1. The molecule has 0 aliphatic carbocycles. The van der Waals surface area contributed by atoms with E-state index in [0.717, 1.165) is 16.5 Å². The Hall–Kier alpha value is -1.41. The molecule has 0 aliphatic rings. The molecule has 2 aromatic rings. The van der Waals surface area contributed by atoms with Crippen LogP contribution in [-0.2, 0) is 19.3 Å². The van der Waals surface area contributed by atoms with Crippen LogP contribution in [0.2, 0.25) is 0 Å². The van der Waals surface area contributed by atoms with Crippen molar-refractivity contribution in [3.8, 4) is 0 Å². The van der Waals surface area contributed by atoms with Gasteiger partial charge in [-0.2, -0.15) is 13.2 Å². The number of rotatable bonds is 3. The Labute approximate surface area is 105 Å². The van der Waals surface area contributed by atoms with E-state index in [-0.39, 0.29) is 12.4 Å². The fraction of sp³-hybridized carbons (Fsp3) is 0.400. The monoisotopic (exact) mass is 277 g/mol. The fourth-order valence-electron chi connectivity index (χ4n) is 1.55. The first-order valence-electron chi connectivity index (χ1n) is 5.05. The van der Waals surface area contributed by atoms with Crippen molar-refractivity contribution in [2.75, 3.05) is 0 Å². The molecule has 0 amide bonds. The average molecular weight is 277 g/mol. The summed E-state index contributed by atoms with van der Waals surface area (Å²) in [5.41, 5.74) is -0.117. The van der Waals surface area contributed by atoms with Crippen LogP contribution in [0.5, 0.6) is 0 Å². The molecule has 8 heteroatoms. The van der Waals surface area contributed by atoms with E-state index in [1.165, 1.54) is 11.3 Å². The normalized spacial score (nSPS) is 12.1. The number of hydrogen-bond acceptors (Lipinski definition) is 4. The van der Waals surface area contributed by atoms with Crippen LogP contribution >= 0.6 is 11.3 Å². The lowest BCUT2D eigenvalue weighted by molar-refractivity contribution is -0.143. The lowest BCUT2D eigenvalue weighted by Gasteiger charge is -2.11. The molecule has 0 saturated carbocycles. The van der Waals surface area contributed by atoms with Crippen molar-refractivity contribution in [1.29, 1.82) is 0 Å². The van der Waals surface area contributed by atoms with Gasteiger partial charge >= 0.3 is 6.18 Å². The van der Waals surface area contributed by atoms with Crippen LogP contribution < -0.4 is 0 Å². The van der Waals surface area contributed by atoms with Crippen LogP contribution in [-0.4, -0.2) is 19.6 Å². The number of aliphatic hydroxyl groups is 1. The van der Waals surface area contributed by atoms with Gasteiger partial charge in [-0.05, 0) is 6.92 Å². The molecule has 18 heavy (non-hydrogen) atoms. The van der Waals surface area contributed by atoms with E-state index >= 15 is 0 Å². The summed E-state index contributed by atoms with van der Waals surface area (Å²) in [5.74, 6) is -0.0184. The van der Waals surface area contributed by atoms with Crippen molar-refractivity contribution in [1.82, 2.24) is 14.5 Å². The molecule has 2 aromatic heterocycles. The van der Waals surface area contributed by atoms with Crippen LogP contribution in [0.15, 0.2) is 11.6 Å². The Kier molecular flexibility index (Phi) is 3.40. The van der Waals surface area contributed by atoms with E-state index in [9.17, 15) is 13.2 Å². The highest BCUT2D eigenvalue weighted by molar-refractivity contribution is 7.09. The summed E-state index contributed by atoms with van der Waals surface area (Å²) in [6, 6.07) is 0. The minimum atomic E-state index is -4.49. The van der Waals surface area contributed by atoms with Crippen LogP contribution in [0.25, 0.3) is 0 Å². The summed E-state index contributed by atoms with van der Waals surface area (Å²) in [6.07, 6.45) is -3.77. The maximum Gasteiger partial charge on any atom is 0.433 e. The Balaban J connectivity index is 2.38. The third-order valence-corrected chi connectivity index (χ3v) is 3.28. The first-order chi connectivity index (χ1) is 8.41. The Morgan fingerprint density at radius 1 is 1.44 bits per heavy atom. The minimum absolute atomic E-state index is 0.0184. The highest BCUT2D eigenvalue weighted by Gasteiger charge is 2.36. The lowest BCUT2D eigenvalue weighted by Crippen LogP contribution is -2.16.